The Morgan fingerprint density at radius 2 is 2.44 bits per heavy atom. The first kappa shape index (κ1) is 11.7. The van der Waals surface area contributed by atoms with Gasteiger partial charge in [0.05, 0.1) is 18.6 Å². The van der Waals surface area contributed by atoms with Crippen molar-refractivity contribution in [1.29, 1.82) is 5.26 Å². The van der Waals surface area contributed by atoms with E-state index in [9.17, 15) is 14.9 Å². The summed E-state index contributed by atoms with van der Waals surface area (Å²) in [5.41, 5.74) is 0. The maximum Gasteiger partial charge on any atom is 0.433 e. The number of carbonyl (C=O) groups is 1. The lowest BCUT2D eigenvalue weighted by Gasteiger charge is -2.07. The van der Waals surface area contributed by atoms with Crippen molar-refractivity contribution in [2.24, 2.45) is 0 Å². The van der Waals surface area contributed by atoms with Crippen molar-refractivity contribution in [3.8, 4) is 6.07 Å². The van der Waals surface area contributed by atoms with Crippen LogP contribution in [0.2, 0.25) is 0 Å². The quantitative estimate of drug-likeness (QED) is 0.609. The zero-order valence-electron chi connectivity index (χ0n) is 8.47. The van der Waals surface area contributed by atoms with Gasteiger partial charge in [0, 0.05) is 6.04 Å². The average molecular weight is 223 g/mol. The summed E-state index contributed by atoms with van der Waals surface area (Å²) in [5.74, 6) is -1.20. The number of nitriles is 1. The molecule has 1 amide bonds. The first-order valence-corrected chi connectivity index (χ1v) is 4.46. The van der Waals surface area contributed by atoms with Gasteiger partial charge in [-0.3, -0.25) is 14.9 Å². The van der Waals surface area contributed by atoms with Crippen LogP contribution in [0, 0.1) is 21.4 Å². The van der Waals surface area contributed by atoms with Crippen LogP contribution in [-0.2, 0) is 0 Å². The van der Waals surface area contributed by atoms with Crippen LogP contribution in [-0.4, -0.2) is 16.9 Å². The molecule has 0 aliphatic heterocycles. The number of rotatable bonds is 4. The molecule has 16 heavy (non-hydrogen) atoms. The fraction of sp³-hybridized carbons (Fsp3) is 0.333. The minimum Gasteiger partial charge on any atom is -0.395 e. The highest BCUT2D eigenvalue weighted by atomic mass is 16.6. The smallest absolute Gasteiger partial charge is 0.395 e. The van der Waals surface area contributed by atoms with E-state index >= 15 is 0 Å². The van der Waals surface area contributed by atoms with Crippen LogP contribution in [0.15, 0.2) is 16.5 Å². The first-order chi connectivity index (χ1) is 7.54. The molecule has 0 aliphatic rings. The second-order valence-corrected chi connectivity index (χ2v) is 3.13. The first-order valence-electron chi connectivity index (χ1n) is 4.46. The predicted molar refractivity (Wildman–Crippen MR) is 52.5 cm³/mol. The third-order valence-corrected chi connectivity index (χ3v) is 1.77. The van der Waals surface area contributed by atoms with Crippen LogP contribution >= 0.6 is 0 Å². The minimum absolute atomic E-state index is 0.142. The number of nitrogens with zero attached hydrogens (tertiary/aromatic N) is 2. The average Bonchev–Trinajstić information content (AvgIpc) is 2.66. The molecule has 1 unspecified atom stereocenters. The van der Waals surface area contributed by atoms with Crippen LogP contribution < -0.4 is 5.32 Å². The van der Waals surface area contributed by atoms with Gasteiger partial charge in [0.2, 0.25) is 0 Å². The topological polar surface area (TPSA) is 109 Å². The van der Waals surface area contributed by atoms with E-state index in [1.54, 1.807) is 6.92 Å². The van der Waals surface area contributed by atoms with E-state index in [0.29, 0.717) is 0 Å². The minimum atomic E-state index is -0.727. The summed E-state index contributed by atoms with van der Waals surface area (Å²) >= 11 is 0. The SMILES string of the molecule is CC(CC#N)NC(=O)c1ccc([N+](=O)[O-])o1. The molecule has 0 saturated heterocycles. The highest BCUT2D eigenvalue weighted by Crippen LogP contribution is 2.15. The molecule has 1 aromatic heterocycles. The third kappa shape index (κ3) is 2.81. The van der Waals surface area contributed by atoms with E-state index < -0.39 is 16.7 Å². The fourth-order valence-electron chi connectivity index (χ4n) is 1.03. The number of hydrogen-bond acceptors (Lipinski definition) is 5. The summed E-state index contributed by atoms with van der Waals surface area (Å²) in [7, 11) is 0. The fourth-order valence-corrected chi connectivity index (χ4v) is 1.03. The lowest BCUT2D eigenvalue weighted by Crippen LogP contribution is -2.31. The molecule has 0 radical (unpaired) electrons. The molecule has 1 atom stereocenters. The molecule has 1 rings (SSSR count). The van der Waals surface area contributed by atoms with Gasteiger partial charge in [0.1, 0.15) is 4.92 Å². The number of furan rings is 1. The molecule has 7 nitrogen and oxygen atoms in total. The highest BCUT2D eigenvalue weighted by molar-refractivity contribution is 5.91. The summed E-state index contributed by atoms with van der Waals surface area (Å²) < 4.78 is 4.69. The predicted octanol–water partition coefficient (Wildman–Crippen LogP) is 1.22. The van der Waals surface area contributed by atoms with E-state index in [0.717, 1.165) is 6.07 Å². The molecule has 0 aromatic carbocycles. The lowest BCUT2D eigenvalue weighted by atomic mass is 10.2. The van der Waals surface area contributed by atoms with Gasteiger partial charge < -0.3 is 9.73 Å². The van der Waals surface area contributed by atoms with Crippen LogP contribution in [0.25, 0.3) is 0 Å². The molecule has 0 fully saturated rings. The van der Waals surface area contributed by atoms with Crippen molar-refractivity contribution in [3.63, 3.8) is 0 Å². The number of nitro groups is 1. The molecule has 1 N–H and O–H groups in total. The number of hydrogen-bond donors (Lipinski definition) is 1. The molecule has 7 heteroatoms. The summed E-state index contributed by atoms with van der Waals surface area (Å²) in [6.07, 6.45) is 0.161. The van der Waals surface area contributed by atoms with Crippen LogP contribution in [0.1, 0.15) is 23.9 Å². The Morgan fingerprint density at radius 1 is 1.75 bits per heavy atom. The van der Waals surface area contributed by atoms with Crippen molar-refractivity contribution in [1.82, 2.24) is 5.32 Å². The monoisotopic (exact) mass is 223 g/mol. The molecule has 84 valence electrons. The van der Waals surface area contributed by atoms with Crippen LogP contribution in [0.3, 0.4) is 0 Å². The molecule has 1 heterocycles. The van der Waals surface area contributed by atoms with Gasteiger partial charge in [0.25, 0.3) is 5.91 Å². The molecule has 1 aromatic rings. The Bertz CT molecular complexity index is 446. The number of nitrogens with one attached hydrogen (secondary N) is 1. The van der Waals surface area contributed by atoms with Crippen molar-refractivity contribution < 1.29 is 14.1 Å². The zero-order valence-corrected chi connectivity index (χ0v) is 8.47. The van der Waals surface area contributed by atoms with E-state index in [1.807, 2.05) is 6.07 Å². The molecule has 0 spiro atoms. The Labute approximate surface area is 90.8 Å². The van der Waals surface area contributed by atoms with Gasteiger partial charge in [-0.2, -0.15) is 5.26 Å². The number of amides is 1. The Hall–Kier alpha value is -2.36. The Morgan fingerprint density at radius 3 is 2.94 bits per heavy atom. The second-order valence-electron chi connectivity index (χ2n) is 3.13. The standard InChI is InChI=1S/C9H9N3O4/c1-6(4-5-10)11-9(13)7-2-3-8(16-7)12(14)15/h2-3,6H,4H2,1H3,(H,11,13). The van der Waals surface area contributed by atoms with Crippen LogP contribution in [0.5, 0.6) is 0 Å². The molecule has 0 aliphatic carbocycles. The largest absolute Gasteiger partial charge is 0.433 e. The summed E-state index contributed by atoms with van der Waals surface area (Å²) in [6, 6.07) is 3.88. The lowest BCUT2D eigenvalue weighted by molar-refractivity contribution is -0.402. The van der Waals surface area contributed by atoms with Crippen molar-refractivity contribution in [3.05, 3.63) is 28.0 Å². The maximum atomic E-state index is 11.4. The second kappa shape index (κ2) is 4.93. The summed E-state index contributed by atoms with van der Waals surface area (Å²) in [4.78, 5) is 21.0. The highest BCUT2D eigenvalue weighted by Gasteiger charge is 2.18. The maximum absolute atomic E-state index is 11.4. The number of carbonyl (C=O) groups excluding carboxylic acids is 1. The van der Waals surface area contributed by atoms with Gasteiger partial charge >= 0.3 is 5.88 Å². The van der Waals surface area contributed by atoms with E-state index in [4.69, 9.17) is 9.68 Å². The van der Waals surface area contributed by atoms with Crippen molar-refractivity contribution in [2.75, 3.05) is 0 Å². The molecule has 0 saturated carbocycles. The van der Waals surface area contributed by atoms with Gasteiger partial charge in [-0.15, -0.1) is 0 Å². The van der Waals surface area contributed by atoms with Gasteiger partial charge in [-0.05, 0) is 13.0 Å². The Kier molecular flexibility index (Phi) is 3.61. The van der Waals surface area contributed by atoms with Gasteiger partial charge in [-0.25, -0.2) is 0 Å². The normalized spacial score (nSPS) is 11.5. The van der Waals surface area contributed by atoms with Gasteiger partial charge in [0.15, 0.2) is 5.76 Å². The van der Waals surface area contributed by atoms with Gasteiger partial charge in [-0.1, -0.05) is 0 Å². The van der Waals surface area contributed by atoms with Crippen molar-refractivity contribution in [2.45, 2.75) is 19.4 Å². The van der Waals surface area contributed by atoms with E-state index in [-0.39, 0.29) is 18.2 Å². The molecule has 0 bridgehead atoms. The van der Waals surface area contributed by atoms with E-state index in [2.05, 4.69) is 5.32 Å². The van der Waals surface area contributed by atoms with Crippen LogP contribution in [0.4, 0.5) is 5.88 Å². The zero-order chi connectivity index (χ0) is 12.1. The van der Waals surface area contributed by atoms with E-state index in [1.165, 1.54) is 6.07 Å². The molecular formula is C9H9N3O4. The third-order valence-electron chi connectivity index (χ3n) is 1.77. The van der Waals surface area contributed by atoms with Crippen molar-refractivity contribution >= 4 is 11.8 Å². The Balaban J connectivity index is 2.67. The summed E-state index contributed by atoms with van der Waals surface area (Å²) in [5, 5.41) is 21.2. The molecular weight excluding hydrogens is 214 g/mol. The summed E-state index contributed by atoms with van der Waals surface area (Å²) in [6.45, 7) is 1.65.